The van der Waals surface area contributed by atoms with E-state index in [1.807, 2.05) is 20.8 Å². The molecule has 1 N–H and O–H groups in total. The molecule has 1 aliphatic heterocycles. The van der Waals surface area contributed by atoms with Crippen molar-refractivity contribution in [2.75, 3.05) is 38.2 Å². The van der Waals surface area contributed by atoms with E-state index in [9.17, 15) is 4.79 Å². The van der Waals surface area contributed by atoms with Crippen molar-refractivity contribution in [1.29, 1.82) is 0 Å². The lowest BCUT2D eigenvalue weighted by Crippen LogP contribution is -2.47. The van der Waals surface area contributed by atoms with Gasteiger partial charge in [0.05, 0.1) is 19.8 Å². The highest BCUT2D eigenvalue weighted by Gasteiger charge is 2.23. The number of nitrogens with zero attached hydrogens (tertiary/aromatic N) is 3. The maximum absolute atomic E-state index is 12.3. The number of ether oxygens (including phenoxy) is 2. The third-order valence-corrected chi connectivity index (χ3v) is 3.16. The van der Waals surface area contributed by atoms with Crippen LogP contribution >= 0.6 is 0 Å². The molecular weight excluding hydrogens is 272 g/mol. The summed E-state index contributed by atoms with van der Waals surface area (Å²) in [6, 6.07) is 1.38. The van der Waals surface area contributed by atoms with Crippen molar-refractivity contribution in [3.63, 3.8) is 0 Å². The van der Waals surface area contributed by atoms with E-state index in [1.54, 1.807) is 11.0 Å². The molecule has 1 aromatic heterocycles. The molecule has 0 aliphatic carbocycles. The van der Waals surface area contributed by atoms with Gasteiger partial charge in [0.1, 0.15) is 6.04 Å². The predicted molar refractivity (Wildman–Crippen MR) is 78.4 cm³/mol. The molecule has 0 aromatic carbocycles. The highest BCUT2D eigenvalue weighted by molar-refractivity contribution is 5.83. The van der Waals surface area contributed by atoms with Gasteiger partial charge >= 0.3 is 0 Å². The topological polar surface area (TPSA) is 76.6 Å². The Kier molecular flexibility index (Phi) is 5.32. The molecule has 21 heavy (non-hydrogen) atoms. The van der Waals surface area contributed by atoms with Crippen LogP contribution in [0.25, 0.3) is 0 Å². The average Bonchev–Trinajstić information content (AvgIpc) is 2.47. The van der Waals surface area contributed by atoms with Gasteiger partial charge in [0.2, 0.25) is 17.7 Å². The van der Waals surface area contributed by atoms with Crippen LogP contribution in [0.3, 0.4) is 0 Å². The Morgan fingerprint density at radius 1 is 1.48 bits per heavy atom. The number of aromatic nitrogens is 2. The van der Waals surface area contributed by atoms with Crippen molar-refractivity contribution in [2.24, 2.45) is 0 Å². The molecular formula is C14H22N4O3. The van der Waals surface area contributed by atoms with E-state index in [0.717, 1.165) is 5.69 Å². The van der Waals surface area contributed by atoms with E-state index >= 15 is 0 Å². The molecule has 2 rings (SSSR count). The smallest absolute Gasteiger partial charge is 0.245 e. The number of aryl methyl sites for hydroxylation is 1. The molecule has 0 radical (unpaired) electrons. The van der Waals surface area contributed by atoms with Crippen LogP contribution in [-0.4, -0.2) is 59.7 Å². The summed E-state index contributed by atoms with van der Waals surface area (Å²) in [6.45, 7) is 8.55. The van der Waals surface area contributed by atoms with Gasteiger partial charge in [-0.1, -0.05) is 0 Å². The normalized spacial score (nSPS) is 16.4. The van der Waals surface area contributed by atoms with E-state index in [1.165, 1.54) is 0 Å². The van der Waals surface area contributed by atoms with Crippen LogP contribution in [0.5, 0.6) is 5.88 Å². The van der Waals surface area contributed by atoms with E-state index in [4.69, 9.17) is 9.47 Å². The van der Waals surface area contributed by atoms with Gasteiger partial charge in [-0.3, -0.25) is 4.79 Å². The van der Waals surface area contributed by atoms with Gasteiger partial charge in [-0.25, -0.2) is 4.98 Å². The second-order valence-electron chi connectivity index (χ2n) is 4.91. The van der Waals surface area contributed by atoms with Crippen LogP contribution in [0.4, 0.5) is 5.95 Å². The molecule has 0 bridgehead atoms. The summed E-state index contributed by atoms with van der Waals surface area (Å²) in [5, 5.41) is 3.04. The van der Waals surface area contributed by atoms with Gasteiger partial charge in [0.15, 0.2) is 0 Å². The van der Waals surface area contributed by atoms with Crippen molar-refractivity contribution in [3.05, 3.63) is 11.8 Å². The molecule has 7 nitrogen and oxygen atoms in total. The average molecular weight is 294 g/mol. The lowest BCUT2D eigenvalue weighted by Gasteiger charge is -2.29. The number of carbonyl (C=O) groups is 1. The minimum absolute atomic E-state index is 0.0290. The predicted octanol–water partition coefficient (Wildman–Crippen LogP) is 0.843. The summed E-state index contributed by atoms with van der Waals surface area (Å²) in [5.41, 5.74) is 0.793. The van der Waals surface area contributed by atoms with Crippen LogP contribution in [0.15, 0.2) is 6.07 Å². The molecule has 1 aromatic rings. The molecule has 1 amide bonds. The van der Waals surface area contributed by atoms with Gasteiger partial charge in [-0.05, 0) is 20.8 Å². The first kappa shape index (κ1) is 15.5. The lowest BCUT2D eigenvalue weighted by atomic mass is 10.2. The number of amides is 1. The number of hydrogen-bond acceptors (Lipinski definition) is 6. The van der Waals surface area contributed by atoms with Crippen LogP contribution in [0.1, 0.15) is 19.5 Å². The Morgan fingerprint density at radius 3 is 2.86 bits per heavy atom. The zero-order chi connectivity index (χ0) is 15.2. The molecule has 7 heteroatoms. The van der Waals surface area contributed by atoms with E-state index in [-0.39, 0.29) is 11.9 Å². The van der Waals surface area contributed by atoms with E-state index in [0.29, 0.717) is 44.7 Å². The third-order valence-electron chi connectivity index (χ3n) is 3.16. The van der Waals surface area contributed by atoms with Crippen molar-refractivity contribution in [2.45, 2.75) is 26.8 Å². The number of morpholine rings is 1. The summed E-state index contributed by atoms with van der Waals surface area (Å²) in [5.74, 6) is 0.951. The van der Waals surface area contributed by atoms with Crippen molar-refractivity contribution in [3.8, 4) is 5.88 Å². The second kappa shape index (κ2) is 7.21. The number of hydrogen-bond donors (Lipinski definition) is 1. The molecule has 1 aliphatic rings. The van der Waals surface area contributed by atoms with Gasteiger partial charge < -0.3 is 19.7 Å². The van der Waals surface area contributed by atoms with Crippen LogP contribution in [-0.2, 0) is 9.53 Å². The highest BCUT2D eigenvalue weighted by atomic mass is 16.5. The van der Waals surface area contributed by atoms with Gasteiger partial charge in [-0.2, -0.15) is 4.98 Å². The van der Waals surface area contributed by atoms with Crippen molar-refractivity contribution < 1.29 is 14.3 Å². The largest absolute Gasteiger partial charge is 0.478 e. The first-order valence-corrected chi connectivity index (χ1v) is 7.21. The molecule has 0 saturated carbocycles. The number of rotatable bonds is 5. The van der Waals surface area contributed by atoms with Crippen molar-refractivity contribution >= 4 is 11.9 Å². The van der Waals surface area contributed by atoms with Crippen molar-refractivity contribution in [1.82, 2.24) is 14.9 Å². The fraction of sp³-hybridized carbons (Fsp3) is 0.643. The Hall–Kier alpha value is -1.89. The lowest BCUT2D eigenvalue weighted by molar-refractivity contribution is -0.135. The SMILES string of the molecule is CCOc1cc(C)nc(NC(C)C(=O)N2CCOCC2)n1. The molecule has 1 fully saturated rings. The minimum atomic E-state index is -0.389. The first-order chi connectivity index (χ1) is 10.1. The highest BCUT2D eigenvalue weighted by Crippen LogP contribution is 2.13. The quantitative estimate of drug-likeness (QED) is 0.867. The Morgan fingerprint density at radius 2 is 2.19 bits per heavy atom. The summed E-state index contributed by atoms with van der Waals surface area (Å²) >= 11 is 0. The second-order valence-corrected chi connectivity index (χ2v) is 4.91. The maximum atomic E-state index is 12.3. The number of nitrogens with one attached hydrogen (secondary N) is 1. The van der Waals surface area contributed by atoms with Gasteiger partial charge in [-0.15, -0.1) is 0 Å². The standard InChI is InChI=1S/C14H22N4O3/c1-4-21-12-9-10(2)15-14(17-12)16-11(3)13(19)18-5-7-20-8-6-18/h9,11H,4-8H2,1-3H3,(H,15,16,17). The van der Waals surface area contributed by atoms with Gasteiger partial charge in [0.25, 0.3) is 0 Å². The monoisotopic (exact) mass is 294 g/mol. The summed E-state index contributed by atoms with van der Waals surface area (Å²) < 4.78 is 10.6. The number of anilines is 1. The Bertz CT molecular complexity index is 489. The summed E-state index contributed by atoms with van der Waals surface area (Å²) in [4.78, 5) is 22.6. The molecule has 0 spiro atoms. The van der Waals surface area contributed by atoms with Crippen LogP contribution in [0, 0.1) is 6.92 Å². The molecule has 1 saturated heterocycles. The van der Waals surface area contributed by atoms with Crippen LogP contribution in [0.2, 0.25) is 0 Å². The molecule has 116 valence electrons. The Labute approximate surface area is 124 Å². The summed E-state index contributed by atoms with van der Waals surface area (Å²) in [7, 11) is 0. The fourth-order valence-electron chi connectivity index (χ4n) is 2.14. The fourth-order valence-corrected chi connectivity index (χ4v) is 2.14. The van der Waals surface area contributed by atoms with Gasteiger partial charge in [0, 0.05) is 24.8 Å². The molecule has 1 atom stereocenters. The maximum Gasteiger partial charge on any atom is 0.245 e. The number of carbonyl (C=O) groups excluding carboxylic acids is 1. The molecule has 2 heterocycles. The Balaban J connectivity index is 2.01. The minimum Gasteiger partial charge on any atom is -0.478 e. The zero-order valence-electron chi connectivity index (χ0n) is 12.8. The zero-order valence-corrected chi connectivity index (χ0v) is 12.8. The van der Waals surface area contributed by atoms with E-state index < -0.39 is 0 Å². The summed E-state index contributed by atoms with van der Waals surface area (Å²) in [6.07, 6.45) is 0. The van der Waals surface area contributed by atoms with Crippen LogP contribution < -0.4 is 10.1 Å². The third kappa shape index (κ3) is 4.29. The van der Waals surface area contributed by atoms with E-state index in [2.05, 4.69) is 15.3 Å². The first-order valence-electron chi connectivity index (χ1n) is 7.21. The molecule has 1 unspecified atom stereocenters.